The van der Waals surface area contributed by atoms with E-state index in [1.54, 1.807) is 0 Å². The summed E-state index contributed by atoms with van der Waals surface area (Å²) in [6.07, 6.45) is 0. The fourth-order valence-corrected chi connectivity index (χ4v) is 2.84. The first-order chi connectivity index (χ1) is 10.7. The van der Waals surface area contributed by atoms with Crippen LogP contribution in [0.4, 0.5) is 8.78 Å². The summed E-state index contributed by atoms with van der Waals surface area (Å²) in [5.41, 5.74) is 0.818. The van der Waals surface area contributed by atoms with Gasteiger partial charge in [0.05, 0.1) is 0 Å². The molecule has 112 valence electrons. The molecule has 0 saturated carbocycles. The molecule has 0 amide bonds. The molecule has 0 bridgehead atoms. The van der Waals surface area contributed by atoms with Gasteiger partial charge in [0.1, 0.15) is 11.6 Å². The molecule has 0 aliphatic rings. The standard InChI is InChI=1S/C15H12F2N4S/c16-12-7-4-8-13(17)11(12)9-22-15-20-19-14(21(15)18)10-5-2-1-3-6-10/h1-8H,9,18H2. The van der Waals surface area contributed by atoms with Gasteiger partial charge in [0.2, 0.25) is 5.16 Å². The Morgan fingerprint density at radius 2 is 1.64 bits per heavy atom. The molecule has 2 aromatic carbocycles. The predicted molar refractivity (Wildman–Crippen MR) is 81.5 cm³/mol. The molecule has 0 spiro atoms. The second-order valence-corrected chi connectivity index (χ2v) is 5.47. The minimum atomic E-state index is -0.584. The van der Waals surface area contributed by atoms with Gasteiger partial charge < -0.3 is 5.84 Å². The molecule has 3 aromatic rings. The summed E-state index contributed by atoms with van der Waals surface area (Å²) in [5.74, 6) is 5.37. The molecule has 0 radical (unpaired) electrons. The quantitative estimate of drug-likeness (QED) is 0.593. The van der Waals surface area contributed by atoms with E-state index in [0.29, 0.717) is 11.0 Å². The maximum absolute atomic E-state index is 13.6. The summed E-state index contributed by atoms with van der Waals surface area (Å²) >= 11 is 1.13. The Kier molecular flexibility index (Phi) is 4.06. The Labute approximate surface area is 130 Å². The van der Waals surface area contributed by atoms with Crippen LogP contribution in [0, 0.1) is 11.6 Å². The number of hydrogen-bond donors (Lipinski definition) is 1. The van der Waals surface area contributed by atoms with Gasteiger partial charge >= 0.3 is 0 Å². The Hall–Kier alpha value is -2.41. The van der Waals surface area contributed by atoms with Crippen molar-refractivity contribution in [2.24, 2.45) is 0 Å². The highest BCUT2D eigenvalue weighted by molar-refractivity contribution is 7.98. The van der Waals surface area contributed by atoms with Gasteiger partial charge in [-0.25, -0.2) is 13.5 Å². The number of hydrogen-bond acceptors (Lipinski definition) is 4. The molecule has 0 unspecified atom stereocenters. The zero-order valence-corrected chi connectivity index (χ0v) is 12.2. The van der Waals surface area contributed by atoms with E-state index in [1.165, 1.54) is 22.9 Å². The van der Waals surface area contributed by atoms with Crippen molar-refractivity contribution >= 4 is 11.8 Å². The molecule has 0 fully saturated rings. The topological polar surface area (TPSA) is 56.7 Å². The van der Waals surface area contributed by atoms with Crippen LogP contribution < -0.4 is 5.84 Å². The second kappa shape index (κ2) is 6.15. The van der Waals surface area contributed by atoms with Crippen LogP contribution in [-0.4, -0.2) is 14.9 Å². The fourth-order valence-electron chi connectivity index (χ4n) is 1.97. The Balaban J connectivity index is 1.81. The van der Waals surface area contributed by atoms with Gasteiger partial charge in [-0.3, -0.25) is 0 Å². The first kappa shape index (κ1) is 14.5. The highest BCUT2D eigenvalue weighted by Crippen LogP contribution is 2.26. The zero-order chi connectivity index (χ0) is 15.5. The molecule has 22 heavy (non-hydrogen) atoms. The van der Waals surface area contributed by atoms with E-state index in [9.17, 15) is 8.78 Å². The van der Waals surface area contributed by atoms with Crippen LogP contribution in [0.1, 0.15) is 5.56 Å². The summed E-state index contributed by atoms with van der Waals surface area (Å²) in [6.45, 7) is 0. The summed E-state index contributed by atoms with van der Waals surface area (Å²) < 4.78 is 28.5. The zero-order valence-electron chi connectivity index (χ0n) is 11.4. The molecule has 1 heterocycles. The van der Waals surface area contributed by atoms with Crippen LogP contribution in [0.2, 0.25) is 0 Å². The fraction of sp³-hybridized carbons (Fsp3) is 0.0667. The monoisotopic (exact) mass is 318 g/mol. The van der Waals surface area contributed by atoms with Gasteiger partial charge in [-0.1, -0.05) is 48.2 Å². The van der Waals surface area contributed by atoms with Crippen molar-refractivity contribution in [3.05, 3.63) is 65.7 Å². The first-order valence-electron chi connectivity index (χ1n) is 6.48. The summed E-state index contributed by atoms with van der Waals surface area (Å²) in [5, 5.41) is 8.39. The van der Waals surface area contributed by atoms with Crippen LogP contribution in [0.15, 0.2) is 53.7 Å². The molecular formula is C15H12F2N4S. The SMILES string of the molecule is Nn1c(SCc2c(F)cccc2F)nnc1-c1ccccc1. The Morgan fingerprint density at radius 1 is 0.955 bits per heavy atom. The summed E-state index contributed by atoms with van der Waals surface area (Å²) in [4.78, 5) is 0. The van der Waals surface area contributed by atoms with Crippen molar-refractivity contribution in [2.45, 2.75) is 10.9 Å². The second-order valence-electron chi connectivity index (χ2n) is 4.53. The van der Waals surface area contributed by atoms with Gasteiger partial charge in [0, 0.05) is 16.9 Å². The average Bonchev–Trinajstić information content (AvgIpc) is 2.89. The number of benzene rings is 2. The van der Waals surface area contributed by atoms with E-state index in [-0.39, 0.29) is 11.3 Å². The average molecular weight is 318 g/mol. The van der Waals surface area contributed by atoms with Crippen molar-refractivity contribution < 1.29 is 8.78 Å². The molecular weight excluding hydrogens is 306 g/mol. The van der Waals surface area contributed by atoms with Crippen molar-refractivity contribution in [1.29, 1.82) is 0 Å². The minimum absolute atomic E-state index is 0.00300. The maximum Gasteiger partial charge on any atom is 0.210 e. The molecule has 2 N–H and O–H groups in total. The third kappa shape index (κ3) is 2.80. The van der Waals surface area contributed by atoms with Gasteiger partial charge in [-0.05, 0) is 12.1 Å². The molecule has 1 aromatic heterocycles. The normalized spacial score (nSPS) is 10.8. The van der Waals surface area contributed by atoms with Crippen molar-refractivity contribution in [2.75, 3.05) is 5.84 Å². The Morgan fingerprint density at radius 3 is 2.32 bits per heavy atom. The lowest BCUT2D eigenvalue weighted by molar-refractivity contribution is 0.566. The molecule has 0 saturated heterocycles. The van der Waals surface area contributed by atoms with E-state index in [2.05, 4.69) is 10.2 Å². The highest BCUT2D eigenvalue weighted by atomic mass is 32.2. The lowest BCUT2D eigenvalue weighted by atomic mass is 10.2. The van der Waals surface area contributed by atoms with Crippen LogP contribution >= 0.6 is 11.8 Å². The number of nitrogens with two attached hydrogens (primary N) is 1. The van der Waals surface area contributed by atoms with E-state index in [4.69, 9.17) is 5.84 Å². The van der Waals surface area contributed by atoms with Crippen LogP contribution in [0.5, 0.6) is 0 Å². The van der Waals surface area contributed by atoms with Crippen LogP contribution in [0.3, 0.4) is 0 Å². The lowest BCUT2D eigenvalue weighted by Crippen LogP contribution is -2.11. The van der Waals surface area contributed by atoms with Crippen molar-refractivity contribution in [3.8, 4) is 11.4 Å². The van der Waals surface area contributed by atoms with Gasteiger partial charge in [-0.15, -0.1) is 10.2 Å². The molecule has 0 atom stereocenters. The number of rotatable bonds is 4. The summed E-state index contributed by atoms with van der Waals surface area (Å²) in [6, 6.07) is 13.1. The third-order valence-corrected chi connectivity index (χ3v) is 4.07. The van der Waals surface area contributed by atoms with E-state index >= 15 is 0 Å². The first-order valence-corrected chi connectivity index (χ1v) is 7.47. The van der Waals surface area contributed by atoms with Crippen molar-refractivity contribution in [3.63, 3.8) is 0 Å². The molecule has 3 rings (SSSR count). The van der Waals surface area contributed by atoms with Crippen LogP contribution in [-0.2, 0) is 5.75 Å². The predicted octanol–water partition coefficient (Wildman–Crippen LogP) is 3.23. The molecule has 7 heteroatoms. The largest absolute Gasteiger partial charge is 0.335 e. The third-order valence-electron chi connectivity index (χ3n) is 3.10. The smallest absolute Gasteiger partial charge is 0.210 e. The van der Waals surface area contributed by atoms with Gasteiger partial charge in [0.15, 0.2) is 5.82 Å². The number of halogens is 2. The molecule has 0 aliphatic carbocycles. The highest BCUT2D eigenvalue weighted by Gasteiger charge is 2.14. The van der Waals surface area contributed by atoms with Crippen LogP contribution in [0.25, 0.3) is 11.4 Å². The van der Waals surface area contributed by atoms with Crippen molar-refractivity contribution in [1.82, 2.24) is 14.9 Å². The molecule has 4 nitrogen and oxygen atoms in total. The van der Waals surface area contributed by atoms with E-state index < -0.39 is 11.6 Å². The number of nitrogens with zero attached hydrogens (tertiary/aromatic N) is 3. The van der Waals surface area contributed by atoms with Gasteiger partial charge in [0.25, 0.3) is 0 Å². The van der Waals surface area contributed by atoms with Gasteiger partial charge in [-0.2, -0.15) is 0 Å². The Bertz CT molecular complexity index is 769. The number of aromatic nitrogens is 3. The molecule has 0 aliphatic heterocycles. The lowest BCUT2D eigenvalue weighted by Gasteiger charge is -2.05. The number of nitrogen functional groups attached to an aromatic ring is 1. The van der Waals surface area contributed by atoms with E-state index in [0.717, 1.165) is 17.3 Å². The minimum Gasteiger partial charge on any atom is -0.335 e. The number of thioether (sulfide) groups is 1. The maximum atomic E-state index is 13.6. The van der Waals surface area contributed by atoms with E-state index in [1.807, 2.05) is 30.3 Å². The summed E-state index contributed by atoms with van der Waals surface area (Å²) in [7, 11) is 0.